The van der Waals surface area contributed by atoms with Crippen molar-refractivity contribution in [2.75, 3.05) is 10.7 Å². The van der Waals surface area contributed by atoms with Gasteiger partial charge in [0.2, 0.25) is 0 Å². The maximum absolute atomic E-state index is 12.4. The van der Waals surface area contributed by atoms with Crippen LogP contribution in [0.5, 0.6) is 0 Å². The molecule has 1 amide bonds. The smallest absolute Gasteiger partial charge is 0.259 e. The SMILES string of the molecule is NNc1ccc(Cl)cc1C(=O)Nc1nc2c(s1)CCCC2. The van der Waals surface area contributed by atoms with E-state index in [-0.39, 0.29) is 5.91 Å². The quantitative estimate of drug-likeness (QED) is 0.599. The third-order valence-electron chi connectivity index (χ3n) is 3.45. The van der Waals surface area contributed by atoms with Crippen molar-refractivity contribution >= 4 is 39.7 Å². The molecule has 4 N–H and O–H groups in total. The molecule has 0 aliphatic heterocycles. The molecule has 0 spiro atoms. The Kier molecular flexibility index (Phi) is 4.10. The van der Waals surface area contributed by atoms with Gasteiger partial charge < -0.3 is 5.43 Å². The van der Waals surface area contributed by atoms with Crippen LogP contribution in [0.1, 0.15) is 33.8 Å². The molecule has 0 fully saturated rings. The molecule has 2 aromatic rings. The molecule has 1 aliphatic carbocycles. The summed E-state index contributed by atoms with van der Waals surface area (Å²) >= 11 is 7.49. The molecular weight excluding hydrogens is 308 g/mol. The van der Waals surface area contributed by atoms with Crippen LogP contribution >= 0.6 is 22.9 Å². The average molecular weight is 323 g/mol. The molecule has 0 saturated heterocycles. The number of nitrogens with zero attached hydrogens (tertiary/aromatic N) is 1. The predicted molar refractivity (Wildman–Crippen MR) is 86.0 cm³/mol. The number of hydrogen-bond acceptors (Lipinski definition) is 5. The van der Waals surface area contributed by atoms with Crippen LogP contribution in [0.25, 0.3) is 0 Å². The van der Waals surface area contributed by atoms with Crippen molar-refractivity contribution in [2.24, 2.45) is 5.84 Å². The number of hydrogen-bond donors (Lipinski definition) is 3. The lowest BCUT2D eigenvalue weighted by Gasteiger charge is -2.08. The summed E-state index contributed by atoms with van der Waals surface area (Å²) in [6.07, 6.45) is 4.40. The van der Waals surface area contributed by atoms with Crippen molar-refractivity contribution < 1.29 is 4.79 Å². The summed E-state index contributed by atoms with van der Waals surface area (Å²) in [6, 6.07) is 4.93. The number of hydrazine groups is 1. The van der Waals surface area contributed by atoms with E-state index in [0.717, 1.165) is 18.5 Å². The van der Waals surface area contributed by atoms with Gasteiger partial charge in [-0.05, 0) is 43.9 Å². The molecule has 0 atom stereocenters. The molecule has 3 rings (SSSR count). The summed E-state index contributed by atoms with van der Waals surface area (Å²) in [6.45, 7) is 0. The summed E-state index contributed by atoms with van der Waals surface area (Å²) in [5.74, 6) is 5.16. The number of thiazole rings is 1. The fourth-order valence-corrected chi connectivity index (χ4v) is 3.62. The molecular formula is C14H15ClN4OS. The van der Waals surface area contributed by atoms with E-state index in [1.807, 2.05) is 0 Å². The number of rotatable bonds is 3. The molecule has 7 heteroatoms. The molecule has 0 saturated carbocycles. The first kappa shape index (κ1) is 14.3. The Bertz CT molecular complexity index is 662. The third kappa shape index (κ3) is 3.02. The topological polar surface area (TPSA) is 80.0 Å². The van der Waals surface area contributed by atoms with E-state index in [0.29, 0.717) is 21.4 Å². The number of benzene rings is 1. The summed E-state index contributed by atoms with van der Waals surface area (Å²) < 4.78 is 0. The van der Waals surface area contributed by atoms with Gasteiger partial charge in [-0.3, -0.25) is 16.0 Å². The monoisotopic (exact) mass is 322 g/mol. The second kappa shape index (κ2) is 6.01. The molecule has 110 valence electrons. The molecule has 0 radical (unpaired) electrons. The number of nitrogens with two attached hydrogens (primary N) is 1. The number of nitrogen functional groups attached to an aromatic ring is 1. The van der Waals surface area contributed by atoms with E-state index in [1.165, 1.54) is 17.7 Å². The van der Waals surface area contributed by atoms with Crippen LogP contribution in [0.2, 0.25) is 5.02 Å². The van der Waals surface area contributed by atoms with E-state index < -0.39 is 0 Å². The van der Waals surface area contributed by atoms with Crippen molar-refractivity contribution in [2.45, 2.75) is 25.7 Å². The van der Waals surface area contributed by atoms with Crippen molar-refractivity contribution in [3.63, 3.8) is 0 Å². The van der Waals surface area contributed by atoms with Gasteiger partial charge in [0.15, 0.2) is 5.13 Å². The largest absolute Gasteiger partial charge is 0.323 e. The molecule has 1 aliphatic rings. The number of carbonyl (C=O) groups excluding carboxylic acids is 1. The molecule has 1 heterocycles. The highest BCUT2D eigenvalue weighted by Gasteiger charge is 2.18. The van der Waals surface area contributed by atoms with Crippen LogP contribution in [-0.2, 0) is 12.8 Å². The predicted octanol–water partition coefficient (Wildman–Crippen LogP) is 3.21. The standard InChI is InChI=1S/C14H15ClN4OS/c15-8-5-6-10(19-16)9(7-8)13(20)18-14-17-11-3-1-2-4-12(11)21-14/h5-7,19H,1-4,16H2,(H,17,18,20). The molecule has 21 heavy (non-hydrogen) atoms. The number of halogens is 1. The second-order valence-electron chi connectivity index (χ2n) is 4.88. The number of fused-ring (bicyclic) bond motifs is 1. The summed E-state index contributed by atoms with van der Waals surface area (Å²) in [5, 5.41) is 3.95. The van der Waals surface area contributed by atoms with Gasteiger partial charge in [0.05, 0.1) is 16.9 Å². The maximum Gasteiger partial charge on any atom is 0.259 e. The fourth-order valence-electron chi connectivity index (χ4n) is 2.40. The van der Waals surface area contributed by atoms with E-state index in [1.54, 1.807) is 29.5 Å². The van der Waals surface area contributed by atoms with Crippen molar-refractivity contribution in [1.29, 1.82) is 0 Å². The normalized spacial score (nSPS) is 13.6. The minimum atomic E-state index is -0.267. The number of amides is 1. The van der Waals surface area contributed by atoms with Gasteiger partial charge in [0.1, 0.15) is 0 Å². The number of aromatic nitrogens is 1. The zero-order chi connectivity index (χ0) is 14.8. The first-order chi connectivity index (χ1) is 10.2. The van der Waals surface area contributed by atoms with Gasteiger partial charge in [0, 0.05) is 9.90 Å². The minimum absolute atomic E-state index is 0.267. The van der Waals surface area contributed by atoms with Crippen LogP contribution in [0.4, 0.5) is 10.8 Å². The van der Waals surface area contributed by atoms with Crippen molar-refractivity contribution in [3.05, 3.63) is 39.4 Å². The Morgan fingerprint density at radius 2 is 2.14 bits per heavy atom. The minimum Gasteiger partial charge on any atom is -0.323 e. The average Bonchev–Trinajstić information content (AvgIpc) is 2.89. The second-order valence-corrected chi connectivity index (χ2v) is 6.40. The summed E-state index contributed by atoms with van der Waals surface area (Å²) in [4.78, 5) is 18.1. The molecule has 0 unspecified atom stereocenters. The van der Waals surface area contributed by atoms with Gasteiger partial charge in [-0.2, -0.15) is 0 Å². The lowest BCUT2D eigenvalue weighted by molar-refractivity contribution is 0.102. The molecule has 0 bridgehead atoms. The van der Waals surface area contributed by atoms with Crippen LogP contribution < -0.4 is 16.6 Å². The Morgan fingerprint density at radius 3 is 2.90 bits per heavy atom. The van der Waals surface area contributed by atoms with Gasteiger partial charge in [0.25, 0.3) is 5.91 Å². The lowest BCUT2D eigenvalue weighted by atomic mass is 10.0. The van der Waals surface area contributed by atoms with Crippen molar-refractivity contribution in [1.82, 2.24) is 4.98 Å². The first-order valence-electron chi connectivity index (χ1n) is 6.73. The molecule has 5 nitrogen and oxygen atoms in total. The zero-order valence-electron chi connectivity index (χ0n) is 11.3. The van der Waals surface area contributed by atoms with E-state index >= 15 is 0 Å². The Labute approximate surface area is 131 Å². The zero-order valence-corrected chi connectivity index (χ0v) is 12.9. The van der Waals surface area contributed by atoms with Crippen molar-refractivity contribution in [3.8, 4) is 0 Å². The van der Waals surface area contributed by atoms with Gasteiger partial charge in [-0.15, -0.1) is 11.3 Å². The van der Waals surface area contributed by atoms with Gasteiger partial charge >= 0.3 is 0 Å². The number of nitrogens with one attached hydrogen (secondary N) is 2. The Balaban J connectivity index is 1.83. The number of aryl methyl sites for hydroxylation is 2. The highest BCUT2D eigenvalue weighted by atomic mass is 35.5. The first-order valence-corrected chi connectivity index (χ1v) is 7.93. The fraction of sp³-hybridized carbons (Fsp3) is 0.286. The van der Waals surface area contributed by atoms with E-state index in [4.69, 9.17) is 17.4 Å². The van der Waals surface area contributed by atoms with Gasteiger partial charge in [-0.1, -0.05) is 11.6 Å². The molecule has 1 aromatic heterocycles. The van der Waals surface area contributed by atoms with Crippen LogP contribution in [0.15, 0.2) is 18.2 Å². The Hall–Kier alpha value is -1.63. The van der Waals surface area contributed by atoms with Crippen LogP contribution in [0.3, 0.4) is 0 Å². The van der Waals surface area contributed by atoms with E-state index in [2.05, 4.69) is 15.7 Å². The van der Waals surface area contributed by atoms with Crippen LogP contribution in [0, 0.1) is 0 Å². The highest BCUT2D eigenvalue weighted by Crippen LogP contribution is 2.30. The summed E-state index contributed by atoms with van der Waals surface area (Å²) in [7, 11) is 0. The van der Waals surface area contributed by atoms with Gasteiger partial charge in [-0.25, -0.2) is 4.98 Å². The third-order valence-corrected chi connectivity index (χ3v) is 4.76. The lowest BCUT2D eigenvalue weighted by Crippen LogP contribution is -2.17. The highest BCUT2D eigenvalue weighted by molar-refractivity contribution is 7.15. The number of carbonyl (C=O) groups is 1. The molecule has 1 aromatic carbocycles. The maximum atomic E-state index is 12.4. The Morgan fingerprint density at radius 1 is 1.33 bits per heavy atom. The van der Waals surface area contributed by atoms with Crippen LogP contribution in [-0.4, -0.2) is 10.9 Å². The van der Waals surface area contributed by atoms with E-state index in [9.17, 15) is 4.79 Å². The number of anilines is 2. The summed E-state index contributed by atoms with van der Waals surface area (Å²) in [5.41, 5.74) is 4.54.